The Balaban J connectivity index is 1.53. The quantitative estimate of drug-likeness (QED) is 0.170. The topological polar surface area (TPSA) is 6.48 Å². The molecule has 5 aromatic carbocycles. The fraction of sp³-hybridized carbons (Fsp3) is 0.220. The normalized spacial score (nSPS) is 14.8. The maximum absolute atomic E-state index is 4.17. The molecule has 7 rings (SSSR count). The molecule has 2 heterocycles. The summed E-state index contributed by atoms with van der Waals surface area (Å²) in [5.74, 6) is 0.696. The number of hydrogen-bond donors (Lipinski definition) is 0. The first-order valence-corrected chi connectivity index (χ1v) is 16.6. The van der Waals surface area contributed by atoms with Gasteiger partial charge in [0.15, 0.2) is 0 Å². The molecule has 0 saturated carbocycles. The Morgan fingerprint density at radius 2 is 1.34 bits per heavy atom. The molecule has 220 valence electrons. The van der Waals surface area contributed by atoms with Gasteiger partial charge < -0.3 is 9.80 Å². The summed E-state index contributed by atoms with van der Waals surface area (Å²) in [5.41, 5.74) is 11.9. The number of thiophene rings is 1. The zero-order valence-corrected chi connectivity index (χ0v) is 27.2. The van der Waals surface area contributed by atoms with Gasteiger partial charge in [-0.25, -0.2) is 0 Å². The molecular weight excluding hydrogens is 553 g/mol. The van der Waals surface area contributed by atoms with Gasteiger partial charge in [-0.05, 0) is 94.1 Å². The van der Waals surface area contributed by atoms with Gasteiger partial charge in [-0.1, -0.05) is 94.4 Å². The third kappa shape index (κ3) is 4.62. The third-order valence-electron chi connectivity index (χ3n) is 9.17. The van der Waals surface area contributed by atoms with Crippen LogP contribution in [0.4, 0.5) is 17.1 Å². The van der Waals surface area contributed by atoms with E-state index in [1.54, 1.807) is 0 Å². The van der Waals surface area contributed by atoms with Crippen LogP contribution in [-0.4, -0.2) is 7.05 Å². The minimum Gasteiger partial charge on any atom is -0.348 e. The largest absolute Gasteiger partial charge is 0.348 e. The van der Waals surface area contributed by atoms with E-state index in [4.69, 9.17) is 0 Å². The van der Waals surface area contributed by atoms with E-state index in [0.29, 0.717) is 11.8 Å². The van der Waals surface area contributed by atoms with Crippen LogP contribution in [-0.2, 0) is 6.42 Å². The number of anilines is 3. The Bertz CT molecular complexity index is 1970. The van der Waals surface area contributed by atoms with Crippen molar-refractivity contribution >= 4 is 48.6 Å². The number of fused-ring (bicyclic) bond motifs is 4. The second-order valence-electron chi connectivity index (χ2n) is 12.7. The molecule has 0 spiro atoms. The van der Waals surface area contributed by atoms with Gasteiger partial charge in [-0.15, -0.1) is 17.9 Å². The highest BCUT2D eigenvalue weighted by atomic mass is 32.1. The summed E-state index contributed by atoms with van der Waals surface area (Å²) in [6.45, 7) is 13.5. The maximum atomic E-state index is 4.17. The van der Waals surface area contributed by atoms with Crippen LogP contribution < -0.4 is 9.80 Å². The van der Waals surface area contributed by atoms with Crippen molar-refractivity contribution in [1.82, 2.24) is 0 Å². The molecule has 1 unspecified atom stereocenters. The first kappa shape index (κ1) is 28.4. The van der Waals surface area contributed by atoms with Gasteiger partial charge in [0.25, 0.3) is 0 Å². The average Bonchev–Trinajstić information content (AvgIpc) is 3.54. The minimum absolute atomic E-state index is 0.00277. The number of benzene rings is 5. The molecule has 1 atom stereocenters. The zero-order chi connectivity index (χ0) is 30.5. The molecule has 3 heteroatoms. The molecule has 0 fully saturated rings. The molecule has 0 saturated heterocycles. The van der Waals surface area contributed by atoms with Crippen molar-refractivity contribution in [2.75, 3.05) is 16.8 Å². The lowest BCUT2D eigenvalue weighted by atomic mass is 9.87. The molecule has 0 N–H and O–H groups in total. The van der Waals surface area contributed by atoms with Crippen molar-refractivity contribution in [3.63, 3.8) is 0 Å². The van der Waals surface area contributed by atoms with Crippen LogP contribution >= 0.6 is 11.3 Å². The second kappa shape index (κ2) is 11.3. The van der Waals surface area contributed by atoms with Crippen LogP contribution in [0.3, 0.4) is 0 Å². The number of para-hydroxylation sites is 2. The van der Waals surface area contributed by atoms with Crippen molar-refractivity contribution in [1.29, 1.82) is 0 Å². The van der Waals surface area contributed by atoms with E-state index in [1.165, 1.54) is 70.6 Å². The van der Waals surface area contributed by atoms with Gasteiger partial charge in [0, 0.05) is 27.2 Å². The Hall–Kier alpha value is -4.34. The van der Waals surface area contributed by atoms with Gasteiger partial charge in [-0.2, -0.15) is 0 Å². The molecule has 44 heavy (non-hydrogen) atoms. The number of rotatable bonds is 7. The predicted molar refractivity (Wildman–Crippen MR) is 193 cm³/mol. The Kier molecular flexibility index (Phi) is 7.30. The SMILES string of the molecule is C=CCc1cc2sc3ccccc3c2cc1C1N(C)c2ccccc2N1c1c(C(C)C)cc(-c2ccccc2)cc1C(C)C. The lowest BCUT2D eigenvalue weighted by Crippen LogP contribution is -2.32. The molecule has 6 aromatic rings. The molecule has 0 bridgehead atoms. The van der Waals surface area contributed by atoms with Crippen molar-refractivity contribution in [2.24, 2.45) is 0 Å². The standard InChI is InChI=1S/C41H40N2S/c1-7-15-29-24-39-35(31-18-11-14-21-38(31)44-39)25-34(29)41-42(6)36-19-12-13-20-37(36)43(41)40-32(26(2)3)22-30(23-33(40)27(4)5)28-16-9-8-10-17-28/h7-14,16-27,41H,1,15H2,2-6H3. The van der Waals surface area contributed by atoms with E-state index in [1.807, 2.05) is 11.3 Å². The number of nitrogens with zero attached hydrogens (tertiary/aromatic N) is 2. The Morgan fingerprint density at radius 1 is 0.705 bits per heavy atom. The lowest BCUT2D eigenvalue weighted by molar-refractivity contribution is 0.698. The second-order valence-corrected chi connectivity index (χ2v) is 13.7. The smallest absolute Gasteiger partial charge is 0.133 e. The van der Waals surface area contributed by atoms with E-state index in [2.05, 4.69) is 160 Å². The fourth-order valence-electron chi connectivity index (χ4n) is 7.03. The first-order chi connectivity index (χ1) is 21.4. The van der Waals surface area contributed by atoms with E-state index >= 15 is 0 Å². The zero-order valence-electron chi connectivity index (χ0n) is 26.3. The highest BCUT2D eigenvalue weighted by Crippen LogP contribution is 2.54. The van der Waals surface area contributed by atoms with Crippen LogP contribution in [0.5, 0.6) is 0 Å². The summed E-state index contributed by atoms with van der Waals surface area (Å²) in [6.07, 6.45) is 2.88. The summed E-state index contributed by atoms with van der Waals surface area (Å²) in [7, 11) is 2.26. The van der Waals surface area contributed by atoms with E-state index < -0.39 is 0 Å². The van der Waals surface area contributed by atoms with E-state index in [9.17, 15) is 0 Å². The van der Waals surface area contributed by atoms with Crippen molar-refractivity contribution in [2.45, 2.75) is 52.1 Å². The molecule has 1 aromatic heterocycles. The highest BCUT2D eigenvalue weighted by molar-refractivity contribution is 7.25. The minimum atomic E-state index is 0.00277. The van der Waals surface area contributed by atoms with Gasteiger partial charge in [-0.3, -0.25) is 0 Å². The van der Waals surface area contributed by atoms with Crippen LogP contribution in [0.2, 0.25) is 0 Å². The molecule has 2 nitrogen and oxygen atoms in total. The van der Waals surface area contributed by atoms with Crippen molar-refractivity contribution in [3.05, 3.63) is 138 Å². The molecule has 1 aliphatic heterocycles. The van der Waals surface area contributed by atoms with Crippen LogP contribution in [0, 0.1) is 0 Å². The van der Waals surface area contributed by atoms with Gasteiger partial charge >= 0.3 is 0 Å². The monoisotopic (exact) mass is 592 g/mol. The highest BCUT2D eigenvalue weighted by Gasteiger charge is 2.39. The summed E-state index contributed by atoms with van der Waals surface area (Å²) in [5, 5.41) is 2.67. The van der Waals surface area contributed by atoms with Gasteiger partial charge in [0.2, 0.25) is 0 Å². The molecule has 0 aliphatic carbocycles. The molecule has 0 amide bonds. The van der Waals surface area contributed by atoms with Crippen molar-refractivity contribution < 1.29 is 0 Å². The third-order valence-corrected chi connectivity index (χ3v) is 10.3. The Morgan fingerprint density at radius 3 is 2.02 bits per heavy atom. The van der Waals surface area contributed by atoms with Crippen LogP contribution in [0.1, 0.15) is 68.0 Å². The van der Waals surface area contributed by atoms with Crippen molar-refractivity contribution in [3.8, 4) is 11.1 Å². The summed E-state index contributed by atoms with van der Waals surface area (Å²) >= 11 is 1.89. The summed E-state index contributed by atoms with van der Waals surface area (Å²) in [6, 6.07) is 38.4. The molecular formula is C41H40N2S. The van der Waals surface area contributed by atoms with Gasteiger partial charge in [0.1, 0.15) is 6.17 Å². The van der Waals surface area contributed by atoms with Crippen LogP contribution in [0.25, 0.3) is 31.3 Å². The predicted octanol–water partition coefficient (Wildman–Crippen LogP) is 12.0. The van der Waals surface area contributed by atoms with E-state index in [-0.39, 0.29) is 6.17 Å². The fourth-order valence-corrected chi connectivity index (χ4v) is 8.18. The van der Waals surface area contributed by atoms with Crippen LogP contribution in [0.15, 0.2) is 116 Å². The number of hydrogen-bond acceptors (Lipinski definition) is 3. The first-order valence-electron chi connectivity index (χ1n) is 15.8. The van der Waals surface area contributed by atoms with Gasteiger partial charge in [0.05, 0.1) is 17.1 Å². The summed E-state index contributed by atoms with van der Waals surface area (Å²) < 4.78 is 2.68. The number of allylic oxidation sites excluding steroid dienone is 1. The maximum Gasteiger partial charge on any atom is 0.133 e. The summed E-state index contributed by atoms with van der Waals surface area (Å²) in [4.78, 5) is 5.13. The molecule has 1 aliphatic rings. The molecule has 0 radical (unpaired) electrons. The van der Waals surface area contributed by atoms with E-state index in [0.717, 1.165) is 6.42 Å². The Labute approximate surface area is 265 Å². The lowest BCUT2D eigenvalue weighted by Gasteiger charge is -2.37. The average molecular weight is 593 g/mol.